The zero-order valence-corrected chi connectivity index (χ0v) is 14.7. The third-order valence-corrected chi connectivity index (χ3v) is 2.76. The van der Waals surface area contributed by atoms with Crippen LogP contribution in [-0.2, 0) is 19.1 Å². The standard InChI is InChI=1S/C12H20Cl2O4.C2H6/c1-11(2,17-9(15)7-13)5-6-12(3,4)18-10(16)8-14;1-2/h5-8H2,1-4H3;1-2H3. The molecule has 0 spiro atoms. The summed E-state index contributed by atoms with van der Waals surface area (Å²) in [6.07, 6.45) is 1.11. The van der Waals surface area contributed by atoms with E-state index >= 15 is 0 Å². The summed E-state index contributed by atoms with van der Waals surface area (Å²) >= 11 is 10.8. The van der Waals surface area contributed by atoms with Gasteiger partial charge in [0.05, 0.1) is 0 Å². The van der Waals surface area contributed by atoms with Crippen molar-refractivity contribution in [1.29, 1.82) is 0 Å². The molecule has 0 heterocycles. The highest BCUT2D eigenvalue weighted by atomic mass is 35.5. The van der Waals surface area contributed by atoms with Gasteiger partial charge >= 0.3 is 11.9 Å². The quantitative estimate of drug-likeness (QED) is 0.525. The van der Waals surface area contributed by atoms with Crippen LogP contribution in [0.15, 0.2) is 0 Å². The molecule has 0 bridgehead atoms. The number of ether oxygens (including phenoxy) is 2. The lowest BCUT2D eigenvalue weighted by Crippen LogP contribution is -2.34. The van der Waals surface area contributed by atoms with Gasteiger partial charge in [-0.2, -0.15) is 0 Å². The first-order valence-corrected chi connectivity index (χ1v) is 7.74. The predicted octanol–water partition coefficient (Wildman–Crippen LogP) is 3.91. The number of rotatable bonds is 7. The van der Waals surface area contributed by atoms with Gasteiger partial charge in [0.15, 0.2) is 0 Å². The number of esters is 2. The average molecular weight is 329 g/mol. The Balaban J connectivity index is 0. The number of hydrogen-bond donors (Lipinski definition) is 0. The first-order chi connectivity index (χ1) is 9.12. The molecule has 0 fully saturated rings. The van der Waals surface area contributed by atoms with E-state index in [4.69, 9.17) is 32.7 Å². The van der Waals surface area contributed by atoms with Crippen LogP contribution in [-0.4, -0.2) is 34.9 Å². The van der Waals surface area contributed by atoms with E-state index in [-0.39, 0.29) is 11.8 Å². The molecule has 0 unspecified atom stereocenters. The van der Waals surface area contributed by atoms with E-state index in [1.807, 2.05) is 13.8 Å². The molecule has 0 saturated carbocycles. The Bertz CT molecular complexity index is 272. The van der Waals surface area contributed by atoms with Crippen molar-refractivity contribution in [3.05, 3.63) is 0 Å². The van der Waals surface area contributed by atoms with Gasteiger partial charge in [0.2, 0.25) is 0 Å². The monoisotopic (exact) mass is 328 g/mol. The zero-order valence-electron chi connectivity index (χ0n) is 13.2. The van der Waals surface area contributed by atoms with Gasteiger partial charge in [0, 0.05) is 0 Å². The minimum absolute atomic E-state index is 0.173. The fourth-order valence-corrected chi connectivity index (χ4v) is 1.48. The highest BCUT2D eigenvalue weighted by Gasteiger charge is 2.29. The molecule has 0 atom stereocenters. The molecule has 0 aliphatic heterocycles. The van der Waals surface area contributed by atoms with Gasteiger partial charge in [-0.3, -0.25) is 9.59 Å². The van der Waals surface area contributed by atoms with Crippen molar-refractivity contribution in [2.75, 3.05) is 11.8 Å². The zero-order chi connectivity index (χ0) is 16.4. The van der Waals surface area contributed by atoms with Gasteiger partial charge in [0.1, 0.15) is 23.0 Å². The third-order valence-electron chi connectivity index (χ3n) is 2.33. The van der Waals surface area contributed by atoms with Crippen LogP contribution < -0.4 is 0 Å². The van der Waals surface area contributed by atoms with Crippen molar-refractivity contribution in [2.45, 2.75) is 65.6 Å². The SMILES string of the molecule is CC.CC(C)(CCC(C)(C)OC(=O)CCl)OC(=O)CCl. The molecule has 0 aromatic rings. The summed E-state index contributed by atoms with van der Waals surface area (Å²) < 4.78 is 10.4. The lowest BCUT2D eigenvalue weighted by Gasteiger charge is -2.30. The van der Waals surface area contributed by atoms with Gasteiger partial charge < -0.3 is 9.47 Å². The molecule has 0 saturated heterocycles. The summed E-state index contributed by atoms with van der Waals surface area (Å²) in [5.74, 6) is -1.27. The van der Waals surface area contributed by atoms with E-state index in [1.54, 1.807) is 27.7 Å². The van der Waals surface area contributed by atoms with E-state index in [2.05, 4.69) is 0 Å². The fourth-order valence-electron chi connectivity index (χ4n) is 1.38. The van der Waals surface area contributed by atoms with Gasteiger partial charge in [-0.1, -0.05) is 13.8 Å². The number of carbonyl (C=O) groups excluding carboxylic acids is 2. The predicted molar refractivity (Wildman–Crippen MR) is 82.4 cm³/mol. The first-order valence-electron chi connectivity index (χ1n) is 6.67. The van der Waals surface area contributed by atoms with Crippen LogP contribution in [0, 0.1) is 0 Å². The Morgan fingerprint density at radius 3 is 1.25 bits per heavy atom. The maximum Gasteiger partial charge on any atom is 0.321 e. The second-order valence-corrected chi connectivity index (χ2v) is 5.77. The molecule has 0 aromatic heterocycles. The van der Waals surface area contributed by atoms with Crippen molar-refractivity contribution < 1.29 is 19.1 Å². The Labute approximate surface area is 132 Å². The maximum atomic E-state index is 11.1. The first kappa shape index (κ1) is 21.8. The molecule has 0 aromatic carbocycles. The molecule has 6 heteroatoms. The van der Waals surface area contributed by atoms with Crippen LogP contribution in [0.5, 0.6) is 0 Å². The molecule has 120 valence electrons. The van der Waals surface area contributed by atoms with Crippen LogP contribution in [0.4, 0.5) is 0 Å². The second-order valence-electron chi connectivity index (χ2n) is 5.23. The minimum atomic E-state index is -0.642. The molecule has 20 heavy (non-hydrogen) atoms. The van der Waals surface area contributed by atoms with Crippen LogP contribution in [0.25, 0.3) is 0 Å². The van der Waals surface area contributed by atoms with Crippen molar-refractivity contribution in [1.82, 2.24) is 0 Å². The molecule has 0 rings (SSSR count). The summed E-state index contributed by atoms with van der Waals surface area (Å²) in [6, 6.07) is 0. The molecular formula is C14H26Cl2O4. The lowest BCUT2D eigenvalue weighted by atomic mass is 9.94. The molecule has 0 amide bonds. The van der Waals surface area contributed by atoms with Crippen molar-refractivity contribution in [3.8, 4) is 0 Å². The minimum Gasteiger partial charge on any atom is -0.459 e. The topological polar surface area (TPSA) is 52.6 Å². The van der Waals surface area contributed by atoms with Gasteiger partial charge in [-0.25, -0.2) is 0 Å². The fraction of sp³-hybridized carbons (Fsp3) is 0.857. The summed E-state index contributed by atoms with van der Waals surface area (Å²) in [5, 5.41) is 0. The summed E-state index contributed by atoms with van der Waals surface area (Å²) in [4.78, 5) is 22.2. The largest absolute Gasteiger partial charge is 0.459 e. The number of alkyl halides is 2. The highest BCUT2D eigenvalue weighted by Crippen LogP contribution is 2.25. The number of carbonyl (C=O) groups is 2. The summed E-state index contributed by atoms with van der Waals surface area (Å²) in [5.41, 5.74) is -1.28. The summed E-state index contributed by atoms with van der Waals surface area (Å²) in [6.45, 7) is 11.2. The number of halogens is 2. The van der Waals surface area contributed by atoms with Crippen LogP contribution in [0.3, 0.4) is 0 Å². The lowest BCUT2D eigenvalue weighted by molar-refractivity contribution is -0.160. The van der Waals surface area contributed by atoms with E-state index in [0.29, 0.717) is 12.8 Å². The maximum absolute atomic E-state index is 11.1. The van der Waals surface area contributed by atoms with E-state index < -0.39 is 23.1 Å². The van der Waals surface area contributed by atoms with Crippen molar-refractivity contribution >= 4 is 35.1 Å². The van der Waals surface area contributed by atoms with E-state index in [9.17, 15) is 9.59 Å². The third kappa shape index (κ3) is 11.4. The highest BCUT2D eigenvalue weighted by molar-refractivity contribution is 6.26. The Morgan fingerprint density at radius 2 is 1.05 bits per heavy atom. The Hall–Kier alpha value is -0.480. The van der Waals surface area contributed by atoms with Crippen LogP contribution in [0.2, 0.25) is 0 Å². The normalized spacial score (nSPS) is 11.2. The molecule has 0 N–H and O–H groups in total. The van der Waals surface area contributed by atoms with Crippen molar-refractivity contribution in [3.63, 3.8) is 0 Å². The Kier molecular flexibility index (Phi) is 11.2. The van der Waals surface area contributed by atoms with E-state index in [1.165, 1.54) is 0 Å². The van der Waals surface area contributed by atoms with E-state index in [0.717, 1.165) is 0 Å². The molecule has 4 nitrogen and oxygen atoms in total. The Morgan fingerprint density at radius 1 is 0.800 bits per heavy atom. The molecule has 0 aliphatic rings. The average Bonchev–Trinajstić information content (AvgIpc) is 2.38. The van der Waals surface area contributed by atoms with Crippen molar-refractivity contribution in [2.24, 2.45) is 0 Å². The van der Waals surface area contributed by atoms with Gasteiger partial charge in [0.25, 0.3) is 0 Å². The second kappa shape index (κ2) is 10.3. The van der Waals surface area contributed by atoms with Gasteiger partial charge in [-0.05, 0) is 40.5 Å². The van der Waals surface area contributed by atoms with Crippen LogP contribution in [0.1, 0.15) is 54.4 Å². The van der Waals surface area contributed by atoms with Gasteiger partial charge in [-0.15, -0.1) is 23.2 Å². The van der Waals surface area contributed by atoms with Crippen LogP contribution >= 0.6 is 23.2 Å². The molecule has 0 radical (unpaired) electrons. The number of hydrogen-bond acceptors (Lipinski definition) is 4. The smallest absolute Gasteiger partial charge is 0.321 e. The summed E-state index contributed by atoms with van der Waals surface area (Å²) in [7, 11) is 0. The molecular weight excluding hydrogens is 303 g/mol. The molecule has 0 aliphatic carbocycles.